The van der Waals surface area contributed by atoms with E-state index in [1.54, 1.807) is 0 Å². The van der Waals surface area contributed by atoms with Crippen molar-refractivity contribution in [3.63, 3.8) is 0 Å². The Kier molecular flexibility index (Phi) is 5.22. The zero-order chi connectivity index (χ0) is 15.9. The van der Waals surface area contributed by atoms with Gasteiger partial charge in [0.15, 0.2) is 0 Å². The number of likely N-dealkylation sites (tertiary alicyclic amines) is 1. The second-order valence-corrected chi connectivity index (χ2v) is 10.1. The Morgan fingerprint density at radius 1 is 0.957 bits per heavy atom. The molecule has 1 saturated carbocycles. The minimum atomic E-state index is 0.732. The third-order valence-electron chi connectivity index (χ3n) is 7.06. The zero-order valence-electron chi connectivity index (χ0n) is 14.7. The molecule has 0 bridgehead atoms. The van der Waals surface area contributed by atoms with E-state index in [2.05, 4.69) is 47.7 Å². The van der Waals surface area contributed by atoms with Gasteiger partial charge in [-0.15, -0.1) is 0 Å². The average Bonchev–Trinajstić information content (AvgIpc) is 2.92. The van der Waals surface area contributed by atoms with Crippen molar-refractivity contribution in [1.29, 1.82) is 0 Å². The van der Waals surface area contributed by atoms with Crippen molar-refractivity contribution in [3.05, 3.63) is 0 Å². The zero-order valence-corrected chi connectivity index (χ0v) is 16.9. The van der Waals surface area contributed by atoms with Crippen LogP contribution >= 0.6 is 22.9 Å². The van der Waals surface area contributed by atoms with Crippen LogP contribution in [0.25, 0.3) is 0 Å². The lowest BCUT2D eigenvalue weighted by Crippen LogP contribution is -2.58. The molecule has 4 rings (SSSR count). The summed E-state index contributed by atoms with van der Waals surface area (Å²) in [5, 5.41) is 0. The minimum Gasteiger partial charge on any atom is -0.304 e. The first-order valence-electron chi connectivity index (χ1n) is 9.68. The van der Waals surface area contributed by atoms with E-state index < -0.39 is 0 Å². The molecule has 0 N–H and O–H groups in total. The molecule has 5 heteroatoms. The molecule has 0 aromatic rings. The first-order valence-corrected chi connectivity index (χ1v) is 10.6. The van der Waals surface area contributed by atoms with Gasteiger partial charge in [-0.1, -0.05) is 0 Å². The highest BCUT2D eigenvalue weighted by atomic mass is 127. The van der Waals surface area contributed by atoms with Crippen molar-refractivity contribution in [2.24, 2.45) is 11.3 Å². The summed E-state index contributed by atoms with van der Waals surface area (Å²) in [7, 11) is 2.26. The maximum Gasteiger partial charge on any atom is 0.0201 e. The number of nitrogens with zero attached hydrogens (tertiary/aromatic N) is 4. The SMILES string of the molecule is CN1CCN(C2CC3(CCN(CC4CCN(I)C4)CC3)C2)CC1. The third kappa shape index (κ3) is 3.89. The van der Waals surface area contributed by atoms with Crippen LogP contribution < -0.4 is 0 Å². The van der Waals surface area contributed by atoms with Crippen LogP contribution in [0.1, 0.15) is 32.1 Å². The molecule has 0 aromatic carbocycles. The predicted octanol–water partition coefficient (Wildman–Crippen LogP) is 2.15. The molecule has 4 nitrogen and oxygen atoms in total. The molecule has 1 unspecified atom stereocenters. The van der Waals surface area contributed by atoms with Crippen LogP contribution in [0.5, 0.6) is 0 Å². The van der Waals surface area contributed by atoms with Crippen LogP contribution in [-0.2, 0) is 0 Å². The molecule has 3 heterocycles. The van der Waals surface area contributed by atoms with E-state index in [1.807, 2.05) is 0 Å². The molecule has 4 aliphatic rings. The fourth-order valence-corrected chi connectivity index (χ4v) is 6.14. The molecular formula is C18H33IN4. The first kappa shape index (κ1) is 17.0. The van der Waals surface area contributed by atoms with Gasteiger partial charge in [-0.05, 0) is 63.6 Å². The predicted molar refractivity (Wildman–Crippen MR) is 104 cm³/mol. The van der Waals surface area contributed by atoms with Gasteiger partial charge < -0.3 is 9.80 Å². The Bertz CT molecular complexity index is 394. The molecule has 1 atom stereocenters. The number of piperazine rings is 1. The maximum atomic E-state index is 2.78. The summed E-state index contributed by atoms with van der Waals surface area (Å²) in [4.78, 5) is 8.03. The number of halogens is 1. The topological polar surface area (TPSA) is 13.0 Å². The van der Waals surface area contributed by atoms with Gasteiger partial charge in [0.2, 0.25) is 0 Å². The molecule has 132 valence electrons. The Labute approximate surface area is 156 Å². The van der Waals surface area contributed by atoms with E-state index in [0.717, 1.165) is 17.4 Å². The molecule has 1 spiro atoms. The molecule has 4 fully saturated rings. The maximum absolute atomic E-state index is 2.78. The van der Waals surface area contributed by atoms with E-state index in [0.29, 0.717) is 0 Å². The largest absolute Gasteiger partial charge is 0.304 e. The highest BCUT2D eigenvalue weighted by molar-refractivity contribution is 14.1. The molecule has 1 aliphatic carbocycles. The van der Waals surface area contributed by atoms with E-state index in [-0.39, 0.29) is 0 Å². The van der Waals surface area contributed by atoms with Gasteiger partial charge in [-0.2, -0.15) is 0 Å². The molecule has 0 radical (unpaired) electrons. The van der Waals surface area contributed by atoms with Gasteiger partial charge in [0, 0.05) is 74.7 Å². The quantitative estimate of drug-likeness (QED) is 0.501. The van der Waals surface area contributed by atoms with Gasteiger partial charge in [-0.25, -0.2) is 3.11 Å². The highest BCUT2D eigenvalue weighted by Gasteiger charge is 2.47. The Hall–Kier alpha value is 0.570. The molecule has 23 heavy (non-hydrogen) atoms. The van der Waals surface area contributed by atoms with E-state index in [9.17, 15) is 0 Å². The lowest BCUT2D eigenvalue weighted by molar-refractivity contribution is -0.0549. The summed E-state index contributed by atoms with van der Waals surface area (Å²) in [6.45, 7) is 11.9. The van der Waals surface area contributed by atoms with Crippen molar-refractivity contribution in [1.82, 2.24) is 17.8 Å². The second kappa shape index (κ2) is 7.06. The fraction of sp³-hybridized carbons (Fsp3) is 1.00. The van der Waals surface area contributed by atoms with Crippen LogP contribution in [-0.4, -0.2) is 89.8 Å². The van der Waals surface area contributed by atoms with Crippen LogP contribution in [0.2, 0.25) is 0 Å². The highest BCUT2D eigenvalue weighted by Crippen LogP contribution is 2.51. The van der Waals surface area contributed by atoms with Crippen LogP contribution in [0, 0.1) is 11.3 Å². The summed E-state index contributed by atoms with van der Waals surface area (Å²) in [6, 6.07) is 0.915. The lowest BCUT2D eigenvalue weighted by Gasteiger charge is -2.56. The van der Waals surface area contributed by atoms with Crippen LogP contribution in [0.3, 0.4) is 0 Å². The lowest BCUT2D eigenvalue weighted by atomic mass is 9.60. The molecule has 3 aliphatic heterocycles. The van der Waals surface area contributed by atoms with Gasteiger partial charge in [0.1, 0.15) is 0 Å². The van der Waals surface area contributed by atoms with Gasteiger partial charge >= 0.3 is 0 Å². The second-order valence-electron chi connectivity index (χ2n) is 8.73. The first-order chi connectivity index (χ1) is 11.1. The van der Waals surface area contributed by atoms with Crippen molar-refractivity contribution in [2.45, 2.75) is 38.1 Å². The molecular weight excluding hydrogens is 399 g/mol. The van der Waals surface area contributed by atoms with Gasteiger partial charge in [0.05, 0.1) is 0 Å². The smallest absolute Gasteiger partial charge is 0.0201 e. The Morgan fingerprint density at radius 2 is 1.65 bits per heavy atom. The fourth-order valence-electron chi connectivity index (χ4n) is 5.30. The number of hydrogen-bond donors (Lipinski definition) is 0. The Morgan fingerprint density at radius 3 is 2.26 bits per heavy atom. The van der Waals surface area contributed by atoms with Crippen molar-refractivity contribution < 1.29 is 0 Å². The molecule has 0 amide bonds. The monoisotopic (exact) mass is 432 g/mol. The number of rotatable bonds is 3. The van der Waals surface area contributed by atoms with Gasteiger partial charge in [-0.3, -0.25) is 4.90 Å². The third-order valence-corrected chi connectivity index (χ3v) is 7.94. The summed E-state index contributed by atoms with van der Waals surface area (Å²) in [6.07, 6.45) is 7.34. The summed E-state index contributed by atoms with van der Waals surface area (Å²) in [5.74, 6) is 0.931. The molecule has 0 aromatic heterocycles. The minimum absolute atomic E-state index is 0.732. The average molecular weight is 432 g/mol. The van der Waals surface area contributed by atoms with E-state index in [1.165, 1.54) is 91.0 Å². The summed E-state index contributed by atoms with van der Waals surface area (Å²) in [5.41, 5.74) is 0.732. The number of hydrogen-bond acceptors (Lipinski definition) is 4. The van der Waals surface area contributed by atoms with E-state index in [4.69, 9.17) is 0 Å². The van der Waals surface area contributed by atoms with Gasteiger partial charge in [0.25, 0.3) is 0 Å². The standard InChI is InChI=1S/C18H33IN4/c1-20-8-10-22(11-9-20)17-12-18(13-17)3-6-21(7-4-18)14-16-2-5-23(19)15-16/h16-17H,2-15H2,1H3. The normalized spacial score (nSPS) is 35.0. The summed E-state index contributed by atoms with van der Waals surface area (Å²) >= 11 is 2.49. The van der Waals surface area contributed by atoms with Crippen molar-refractivity contribution in [2.75, 3.05) is 66.0 Å². The van der Waals surface area contributed by atoms with Crippen molar-refractivity contribution >= 4 is 22.9 Å². The number of piperidine rings is 1. The summed E-state index contributed by atoms with van der Waals surface area (Å²) < 4.78 is 2.47. The van der Waals surface area contributed by atoms with Crippen LogP contribution in [0.4, 0.5) is 0 Å². The van der Waals surface area contributed by atoms with E-state index >= 15 is 0 Å². The van der Waals surface area contributed by atoms with Crippen LogP contribution in [0.15, 0.2) is 0 Å². The van der Waals surface area contributed by atoms with Crippen molar-refractivity contribution in [3.8, 4) is 0 Å². The molecule has 3 saturated heterocycles. The Balaban J connectivity index is 1.19. The number of likely N-dealkylation sites (N-methyl/N-ethyl adjacent to an activating group) is 1.